The van der Waals surface area contributed by atoms with Crippen molar-refractivity contribution < 1.29 is 8.83 Å². The fraction of sp³-hybridized carbons (Fsp3) is 0.308. The molecule has 3 heterocycles. The maximum Gasteiger partial charge on any atom is 0.336 e. The van der Waals surface area contributed by atoms with E-state index in [4.69, 9.17) is 8.83 Å². The maximum atomic E-state index is 12.0. The fourth-order valence-electron chi connectivity index (χ4n) is 4.52. The summed E-state index contributed by atoms with van der Waals surface area (Å²) in [5.41, 5.74) is 4.85. The van der Waals surface area contributed by atoms with E-state index in [1.165, 1.54) is 0 Å². The lowest BCUT2D eigenvalue weighted by atomic mass is 10.1. The summed E-state index contributed by atoms with van der Waals surface area (Å²) in [6, 6.07) is 15.2. The first-order valence-corrected chi connectivity index (χ1v) is 11.0. The molecule has 32 heavy (non-hydrogen) atoms. The predicted octanol–water partition coefficient (Wildman–Crippen LogP) is 3.83. The van der Waals surface area contributed by atoms with E-state index in [1.54, 1.807) is 12.1 Å². The molecule has 2 aromatic carbocycles. The summed E-state index contributed by atoms with van der Waals surface area (Å²) >= 11 is 0. The lowest BCUT2D eigenvalue weighted by molar-refractivity contribution is 0.122. The molecule has 0 aliphatic carbocycles. The van der Waals surface area contributed by atoms with Gasteiger partial charge in [-0.2, -0.15) is 0 Å². The zero-order valence-electron chi connectivity index (χ0n) is 18.4. The molecular formula is C26H26N2O4. The molecule has 0 bridgehead atoms. The third-order valence-electron chi connectivity index (χ3n) is 6.22. The van der Waals surface area contributed by atoms with E-state index in [1.807, 2.05) is 50.2 Å². The normalized spacial score (nSPS) is 15.6. The Bertz CT molecular complexity index is 1300. The van der Waals surface area contributed by atoms with E-state index in [2.05, 4.69) is 9.80 Å². The number of benzene rings is 2. The van der Waals surface area contributed by atoms with Crippen LogP contribution in [0, 0.1) is 13.8 Å². The number of aryl methyl sites for hydroxylation is 2. The summed E-state index contributed by atoms with van der Waals surface area (Å²) in [5.74, 6) is 0. The standard InChI is InChI=1S/C26H26N2O4/c1-17-3-5-21-19(13-25(29)31-23(21)11-17)15-27-7-9-28(10-8-27)16-20-14-26(30)32-24-12-18(2)4-6-22(20)24/h3-6,11-14H,7-10,15-16H2,1-2H3. The second-order valence-electron chi connectivity index (χ2n) is 8.73. The van der Waals surface area contributed by atoms with Crippen molar-refractivity contribution in [3.8, 4) is 0 Å². The quantitative estimate of drug-likeness (QED) is 0.459. The number of piperazine rings is 1. The first kappa shape index (κ1) is 20.7. The largest absolute Gasteiger partial charge is 0.423 e. The first-order valence-electron chi connectivity index (χ1n) is 11.0. The lowest BCUT2D eigenvalue weighted by Gasteiger charge is -2.35. The van der Waals surface area contributed by atoms with Gasteiger partial charge in [0.25, 0.3) is 0 Å². The summed E-state index contributed by atoms with van der Waals surface area (Å²) in [4.78, 5) is 28.8. The summed E-state index contributed by atoms with van der Waals surface area (Å²) in [6.45, 7) is 9.00. The smallest absolute Gasteiger partial charge is 0.336 e. The molecule has 6 nitrogen and oxygen atoms in total. The van der Waals surface area contributed by atoms with Gasteiger partial charge in [-0.1, -0.05) is 24.3 Å². The minimum atomic E-state index is -0.304. The van der Waals surface area contributed by atoms with Crippen molar-refractivity contribution in [2.45, 2.75) is 26.9 Å². The Morgan fingerprint density at radius 1 is 0.656 bits per heavy atom. The van der Waals surface area contributed by atoms with Gasteiger partial charge in [0.1, 0.15) is 11.2 Å². The van der Waals surface area contributed by atoms with Gasteiger partial charge >= 0.3 is 11.3 Å². The molecule has 1 aliphatic rings. The van der Waals surface area contributed by atoms with Gasteiger partial charge in [0.15, 0.2) is 0 Å². The van der Waals surface area contributed by atoms with Crippen molar-refractivity contribution >= 4 is 21.9 Å². The molecule has 0 radical (unpaired) electrons. The Labute approximate surface area is 185 Å². The highest BCUT2D eigenvalue weighted by atomic mass is 16.4. The summed E-state index contributed by atoms with van der Waals surface area (Å²) in [7, 11) is 0. The molecule has 1 fully saturated rings. The van der Waals surface area contributed by atoms with E-state index in [9.17, 15) is 9.59 Å². The van der Waals surface area contributed by atoms with Crippen molar-refractivity contribution in [3.63, 3.8) is 0 Å². The van der Waals surface area contributed by atoms with Crippen molar-refractivity contribution in [2.75, 3.05) is 26.2 Å². The zero-order valence-corrected chi connectivity index (χ0v) is 18.4. The SMILES string of the molecule is Cc1ccc2c(CN3CCN(Cc4cc(=O)oc5cc(C)ccc45)CC3)cc(=O)oc2c1. The average Bonchev–Trinajstić information content (AvgIpc) is 2.74. The monoisotopic (exact) mass is 430 g/mol. The highest BCUT2D eigenvalue weighted by Gasteiger charge is 2.20. The molecule has 0 spiro atoms. The number of hydrogen-bond donors (Lipinski definition) is 0. The van der Waals surface area contributed by atoms with Crippen LogP contribution in [0.15, 0.2) is 67.0 Å². The molecule has 164 valence electrons. The Morgan fingerprint density at radius 3 is 1.47 bits per heavy atom. The van der Waals surface area contributed by atoms with Crippen LogP contribution < -0.4 is 11.3 Å². The Hall–Kier alpha value is -3.22. The van der Waals surface area contributed by atoms with Gasteiger partial charge in [-0.3, -0.25) is 9.80 Å². The van der Waals surface area contributed by atoms with Crippen LogP contribution in [0.4, 0.5) is 0 Å². The maximum absolute atomic E-state index is 12.0. The molecule has 0 amide bonds. The van der Waals surface area contributed by atoms with E-state index >= 15 is 0 Å². The van der Waals surface area contributed by atoms with E-state index in [0.29, 0.717) is 11.2 Å². The molecule has 5 rings (SSSR count). The molecule has 2 aromatic heterocycles. The third-order valence-corrected chi connectivity index (χ3v) is 6.22. The minimum absolute atomic E-state index is 0.304. The van der Waals surface area contributed by atoms with Crippen molar-refractivity contribution in [1.82, 2.24) is 9.80 Å². The van der Waals surface area contributed by atoms with E-state index in [-0.39, 0.29) is 11.3 Å². The van der Waals surface area contributed by atoms with Crippen molar-refractivity contribution in [3.05, 3.63) is 91.6 Å². The average molecular weight is 431 g/mol. The van der Waals surface area contributed by atoms with E-state index in [0.717, 1.165) is 72.3 Å². The number of hydrogen-bond acceptors (Lipinski definition) is 6. The van der Waals surface area contributed by atoms with Crippen LogP contribution in [0.5, 0.6) is 0 Å². The van der Waals surface area contributed by atoms with E-state index < -0.39 is 0 Å². The van der Waals surface area contributed by atoms with Crippen molar-refractivity contribution in [1.29, 1.82) is 0 Å². The van der Waals surface area contributed by atoms with Gasteiger partial charge in [0, 0.05) is 62.2 Å². The number of fused-ring (bicyclic) bond motifs is 2. The predicted molar refractivity (Wildman–Crippen MR) is 125 cm³/mol. The summed E-state index contributed by atoms with van der Waals surface area (Å²) in [5, 5.41) is 1.99. The third kappa shape index (κ3) is 4.24. The molecule has 1 aliphatic heterocycles. The minimum Gasteiger partial charge on any atom is -0.423 e. The molecule has 0 saturated carbocycles. The van der Waals surface area contributed by atoms with Gasteiger partial charge in [0.05, 0.1) is 0 Å². The van der Waals surface area contributed by atoms with Gasteiger partial charge in [-0.05, 0) is 48.2 Å². The van der Waals surface area contributed by atoms with Crippen LogP contribution >= 0.6 is 0 Å². The Kier molecular flexibility index (Phi) is 5.41. The van der Waals surface area contributed by atoms with Crippen LogP contribution in [0.3, 0.4) is 0 Å². The second-order valence-corrected chi connectivity index (χ2v) is 8.73. The van der Waals surface area contributed by atoms with Crippen LogP contribution in [-0.4, -0.2) is 36.0 Å². The topological polar surface area (TPSA) is 66.9 Å². The highest BCUT2D eigenvalue weighted by molar-refractivity contribution is 5.81. The molecular weight excluding hydrogens is 404 g/mol. The van der Waals surface area contributed by atoms with Crippen LogP contribution in [0.1, 0.15) is 22.3 Å². The molecule has 4 aromatic rings. The molecule has 1 saturated heterocycles. The zero-order chi connectivity index (χ0) is 22.2. The molecule has 0 atom stereocenters. The van der Waals surface area contributed by atoms with Gasteiger partial charge in [-0.15, -0.1) is 0 Å². The lowest BCUT2D eigenvalue weighted by Crippen LogP contribution is -2.45. The van der Waals surface area contributed by atoms with Gasteiger partial charge < -0.3 is 8.83 Å². The molecule has 0 N–H and O–H groups in total. The van der Waals surface area contributed by atoms with Crippen LogP contribution in [-0.2, 0) is 13.1 Å². The summed E-state index contributed by atoms with van der Waals surface area (Å²) < 4.78 is 10.8. The first-order chi connectivity index (χ1) is 15.4. The molecule has 6 heteroatoms. The highest BCUT2D eigenvalue weighted by Crippen LogP contribution is 2.22. The number of rotatable bonds is 4. The number of nitrogens with zero attached hydrogens (tertiary/aromatic N) is 2. The fourth-order valence-corrected chi connectivity index (χ4v) is 4.52. The van der Waals surface area contributed by atoms with Crippen LogP contribution in [0.25, 0.3) is 21.9 Å². The van der Waals surface area contributed by atoms with Gasteiger partial charge in [0.2, 0.25) is 0 Å². The Morgan fingerprint density at radius 2 is 1.06 bits per heavy atom. The van der Waals surface area contributed by atoms with Crippen molar-refractivity contribution in [2.24, 2.45) is 0 Å². The molecule has 0 unspecified atom stereocenters. The summed E-state index contributed by atoms with van der Waals surface area (Å²) in [6.07, 6.45) is 0. The van der Waals surface area contributed by atoms with Crippen LogP contribution in [0.2, 0.25) is 0 Å². The Balaban J connectivity index is 1.30. The van der Waals surface area contributed by atoms with Gasteiger partial charge in [-0.25, -0.2) is 9.59 Å². The second kappa shape index (κ2) is 8.37.